The van der Waals surface area contributed by atoms with Crippen LogP contribution in [0.2, 0.25) is 5.02 Å². The highest BCUT2D eigenvalue weighted by Gasteiger charge is 2.27. The normalized spacial score (nSPS) is 13.6. The maximum atomic E-state index is 12.2. The monoisotopic (exact) mass is 715 g/mol. The summed E-state index contributed by atoms with van der Waals surface area (Å²) in [6, 6.07) is 15.4. The second-order valence-electron chi connectivity index (χ2n) is 11.3. The fourth-order valence-corrected chi connectivity index (χ4v) is 7.01. The predicted octanol–water partition coefficient (Wildman–Crippen LogP) is 6.61. The van der Waals surface area contributed by atoms with E-state index in [0.29, 0.717) is 49.7 Å². The van der Waals surface area contributed by atoms with Crippen molar-refractivity contribution in [1.82, 2.24) is 15.3 Å². The maximum Gasteiger partial charge on any atom is 0.328 e. The number of nitrogens with two attached hydrogens (primary N) is 1. The van der Waals surface area contributed by atoms with Crippen molar-refractivity contribution in [3.05, 3.63) is 81.6 Å². The Labute approximate surface area is 298 Å². The quantitative estimate of drug-likeness (QED) is 0.0670. The van der Waals surface area contributed by atoms with E-state index in [2.05, 4.69) is 21.1 Å². The lowest BCUT2D eigenvalue weighted by atomic mass is 9.99. The third-order valence-electron chi connectivity index (χ3n) is 7.61. The molecule has 0 bridgehead atoms. The molecule has 0 radical (unpaired) electrons. The fourth-order valence-electron chi connectivity index (χ4n) is 5.08. The van der Waals surface area contributed by atoms with E-state index in [4.69, 9.17) is 43.3 Å². The molecule has 5 rings (SSSR count). The van der Waals surface area contributed by atoms with Crippen molar-refractivity contribution in [2.24, 2.45) is 5.73 Å². The van der Waals surface area contributed by atoms with Gasteiger partial charge in [0.1, 0.15) is 46.9 Å². The number of halogens is 1. The molecule has 4 aromatic rings. The molecule has 3 N–H and O–H groups in total. The van der Waals surface area contributed by atoms with Gasteiger partial charge in [-0.25, -0.2) is 19.6 Å². The molecule has 0 saturated carbocycles. The summed E-state index contributed by atoms with van der Waals surface area (Å²) in [6.07, 6.45) is 2.01. The number of ether oxygens (including phenoxy) is 2. The van der Waals surface area contributed by atoms with E-state index in [1.54, 1.807) is 35.6 Å². The van der Waals surface area contributed by atoms with Crippen LogP contribution in [0.25, 0.3) is 26.5 Å². The number of hydrogen-bond acceptors (Lipinski definition) is 11. The first-order valence-corrected chi connectivity index (χ1v) is 17.8. The van der Waals surface area contributed by atoms with E-state index in [0.717, 1.165) is 42.2 Å². The number of nitriles is 1. The number of rotatable bonds is 13. The maximum absolute atomic E-state index is 12.2. The first-order chi connectivity index (χ1) is 23.7. The van der Waals surface area contributed by atoms with E-state index in [1.165, 1.54) is 25.6 Å². The number of nitrogens with one attached hydrogen (secondary N) is 1. The van der Waals surface area contributed by atoms with Crippen LogP contribution >= 0.6 is 34.7 Å². The summed E-state index contributed by atoms with van der Waals surface area (Å²) in [5.41, 5.74) is 9.25. The van der Waals surface area contributed by atoms with E-state index in [-0.39, 0.29) is 13.2 Å². The minimum Gasteiger partial charge on any atom is -0.490 e. The number of esters is 1. The Kier molecular flexibility index (Phi) is 12.1. The van der Waals surface area contributed by atoms with Gasteiger partial charge in [0.15, 0.2) is 0 Å². The van der Waals surface area contributed by atoms with E-state index >= 15 is 0 Å². The number of nitrogens with zero attached hydrogens (tertiary/aromatic N) is 5. The molecule has 2 aromatic heterocycles. The lowest BCUT2D eigenvalue weighted by molar-refractivity contribution is -0.148. The zero-order valence-corrected chi connectivity index (χ0v) is 29.3. The van der Waals surface area contributed by atoms with Gasteiger partial charge in [0.2, 0.25) is 11.6 Å². The number of amides is 1. The van der Waals surface area contributed by atoms with Crippen LogP contribution in [0.4, 0.5) is 11.5 Å². The van der Waals surface area contributed by atoms with Gasteiger partial charge in [-0.05, 0) is 56.5 Å². The van der Waals surface area contributed by atoms with Gasteiger partial charge >= 0.3 is 5.97 Å². The van der Waals surface area contributed by atoms with Crippen molar-refractivity contribution in [3.63, 3.8) is 0 Å². The number of thioether (sulfide) groups is 1. The minimum absolute atomic E-state index is 0.0241. The largest absolute Gasteiger partial charge is 0.490 e. The highest BCUT2D eigenvalue weighted by Crippen LogP contribution is 2.45. The first kappa shape index (κ1) is 35.6. The SMILES string of the molecule is [C-]#[N+]c1c(N2CCCC2)nc(SCc2csc(-c3ccc(Cl)cc3)n2)c(C#N)c1-c1ccc(OCCOC(=O)[C@H](C)NC(=O)[C@H](C)N)cc1. The predicted molar refractivity (Wildman–Crippen MR) is 192 cm³/mol. The van der Waals surface area contributed by atoms with Gasteiger partial charge in [-0.3, -0.25) is 4.79 Å². The van der Waals surface area contributed by atoms with E-state index in [9.17, 15) is 14.9 Å². The van der Waals surface area contributed by atoms with Gasteiger partial charge in [-0.1, -0.05) is 47.6 Å². The molecule has 1 fully saturated rings. The molecular weight excluding hydrogens is 682 g/mol. The number of thiazole rings is 1. The summed E-state index contributed by atoms with van der Waals surface area (Å²) in [6.45, 7) is 12.8. The highest BCUT2D eigenvalue weighted by atomic mass is 35.5. The van der Waals surface area contributed by atoms with Crippen LogP contribution in [0.5, 0.6) is 5.75 Å². The van der Waals surface area contributed by atoms with Gasteiger partial charge in [-0.2, -0.15) is 5.26 Å². The van der Waals surface area contributed by atoms with Gasteiger partial charge < -0.3 is 25.4 Å². The molecule has 0 unspecified atom stereocenters. The van der Waals surface area contributed by atoms with Crippen LogP contribution in [0.3, 0.4) is 0 Å². The van der Waals surface area contributed by atoms with Crippen LogP contribution < -0.4 is 20.7 Å². The Morgan fingerprint density at radius 1 is 1.12 bits per heavy atom. The van der Waals surface area contributed by atoms with Crippen LogP contribution in [-0.4, -0.2) is 60.2 Å². The molecule has 1 saturated heterocycles. The Morgan fingerprint density at radius 3 is 2.47 bits per heavy atom. The molecular formula is C35H34ClN7O4S2. The van der Waals surface area contributed by atoms with Crippen molar-refractivity contribution in [1.29, 1.82) is 5.26 Å². The molecule has 0 spiro atoms. The zero-order chi connectivity index (χ0) is 34.9. The van der Waals surface area contributed by atoms with Gasteiger partial charge in [0.25, 0.3) is 0 Å². The Bertz CT molecular complexity index is 1880. The zero-order valence-electron chi connectivity index (χ0n) is 26.9. The van der Waals surface area contributed by atoms with E-state index in [1.807, 2.05) is 29.6 Å². The summed E-state index contributed by atoms with van der Waals surface area (Å²) >= 11 is 9.02. The smallest absolute Gasteiger partial charge is 0.328 e. The third kappa shape index (κ3) is 8.88. The van der Waals surface area contributed by atoms with E-state index < -0.39 is 24.0 Å². The molecule has 14 heteroatoms. The Hall–Kier alpha value is -4.66. The average molecular weight is 716 g/mol. The number of aromatic nitrogens is 2. The first-order valence-electron chi connectivity index (χ1n) is 15.6. The number of benzene rings is 2. The number of pyridine rings is 1. The van der Waals surface area contributed by atoms with Crippen molar-refractivity contribution in [3.8, 4) is 33.5 Å². The summed E-state index contributed by atoms with van der Waals surface area (Å²) in [7, 11) is 0. The average Bonchev–Trinajstić information content (AvgIpc) is 3.82. The second kappa shape index (κ2) is 16.6. The Balaban J connectivity index is 1.33. The molecule has 1 aliphatic rings. The molecule has 0 aliphatic carbocycles. The Morgan fingerprint density at radius 2 is 1.82 bits per heavy atom. The third-order valence-corrected chi connectivity index (χ3v) is 9.82. The van der Waals surface area contributed by atoms with Crippen molar-refractivity contribution in [2.45, 2.75) is 49.6 Å². The van der Waals surface area contributed by atoms with Gasteiger partial charge in [0.05, 0.1) is 23.9 Å². The summed E-state index contributed by atoms with van der Waals surface area (Å²) in [4.78, 5) is 39.6. The van der Waals surface area contributed by atoms with Gasteiger partial charge in [-0.15, -0.1) is 11.3 Å². The molecule has 11 nitrogen and oxygen atoms in total. The molecule has 252 valence electrons. The fraction of sp³-hybridized carbons (Fsp3) is 0.314. The molecule has 2 atom stereocenters. The van der Waals surface area contributed by atoms with Crippen molar-refractivity contribution < 1.29 is 19.1 Å². The molecule has 2 aromatic carbocycles. The lowest BCUT2D eigenvalue weighted by Crippen LogP contribution is -2.46. The van der Waals surface area contributed by atoms with Gasteiger partial charge in [0, 0.05) is 40.4 Å². The molecule has 1 amide bonds. The summed E-state index contributed by atoms with van der Waals surface area (Å²) < 4.78 is 11.0. The number of hydrogen-bond donors (Lipinski definition) is 2. The number of anilines is 1. The lowest BCUT2D eigenvalue weighted by Gasteiger charge is -2.22. The van der Waals surface area contributed by atoms with Crippen LogP contribution in [0.15, 0.2) is 58.9 Å². The number of carbonyl (C=O) groups is 2. The van der Waals surface area contributed by atoms with Crippen LogP contribution in [0, 0.1) is 17.9 Å². The molecule has 49 heavy (non-hydrogen) atoms. The van der Waals surface area contributed by atoms with Crippen molar-refractivity contribution >= 4 is 58.1 Å². The number of carbonyl (C=O) groups excluding carboxylic acids is 2. The molecule has 1 aliphatic heterocycles. The minimum atomic E-state index is -0.842. The van der Waals surface area contributed by atoms with Crippen LogP contribution in [0.1, 0.15) is 37.9 Å². The van der Waals surface area contributed by atoms with Crippen LogP contribution in [-0.2, 0) is 20.1 Å². The molecule has 3 heterocycles. The summed E-state index contributed by atoms with van der Waals surface area (Å²) in [5.74, 6) is 0.552. The second-order valence-corrected chi connectivity index (χ2v) is 13.5. The van der Waals surface area contributed by atoms with Crippen molar-refractivity contribution in [2.75, 3.05) is 31.2 Å². The summed E-state index contributed by atoms with van der Waals surface area (Å²) in [5, 5.41) is 17.0. The standard InChI is InChI=1S/C35H34ClN7O4S2/c1-21(38)32(44)40-22(2)35(45)47-17-16-46-27-12-8-23(9-13-27)29-28(18-37)34(42-31(30(29)39-3)43-14-4-5-15-43)49-20-26-19-48-33(41-26)24-6-10-25(36)11-7-24/h6-13,19,21-22H,4-5,14-17,20,38H2,1-2H3,(H,40,44)/t21-,22-/m0/s1. The highest BCUT2D eigenvalue weighted by molar-refractivity contribution is 7.98. The topological polar surface area (TPSA) is 148 Å².